The van der Waals surface area contributed by atoms with E-state index in [4.69, 9.17) is 29.3 Å². The smallest absolute Gasteiger partial charge is 0.414 e. The summed E-state index contributed by atoms with van der Waals surface area (Å²) < 4.78 is 11.7. The van der Waals surface area contributed by atoms with E-state index in [2.05, 4.69) is 40.3 Å². The predicted molar refractivity (Wildman–Crippen MR) is 93.6 cm³/mol. The Labute approximate surface area is 150 Å². The van der Waals surface area contributed by atoms with Crippen molar-refractivity contribution in [3.63, 3.8) is 0 Å². The minimum Gasteiger partial charge on any atom is -0.492 e. The highest BCUT2D eigenvalue weighted by Crippen LogP contribution is 2.25. The zero-order chi connectivity index (χ0) is 18.4. The number of methoxy groups -OCH3 is 1. The van der Waals surface area contributed by atoms with E-state index in [1.165, 1.54) is 5.56 Å². The average Bonchev–Trinajstić information content (AvgIpc) is 2.52. The largest absolute Gasteiger partial charge is 0.492 e. The quantitative estimate of drug-likeness (QED) is 0.427. The van der Waals surface area contributed by atoms with Crippen molar-refractivity contribution in [1.82, 2.24) is 5.32 Å². The normalized spacial score (nSPS) is 9.79. The average molecular weight is 406 g/mol. The van der Waals surface area contributed by atoms with E-state index < -0.39 is 11.9 Å². The predicted octanol–water partition coefficient (Wildman–Crippen LogP) is 2.31. The Hall–Kier alpha value is -1.64. The van der Waals surface area contributed by atoms with Crippen molar-refractivity contribution in [3.05, 3.63) is 28.2 Å². The van der Waals surface area contributed by atoms with Crippen molar-refractivity contribution < 1.29 is 29.3 Å². The second kappa shape index (κ2) is 13.8. The summed E-state index contributed by atoms with van der Waals surface area (Å²) in [5.41, 5.74) is 1.23. The van der Waals surface area contributed by atoms with E-state index in [0.29, 0.717) is 0 Å². The number of carboxylic acid groups (broad SMARTS) is 2. The lowest BCUT2D eigenvalue weighted by molar-refractivity contribution is -0.159. The lowest BCUT2D eigenvalue weighted by Crippen LogP contribution is -2.20. The van der Waals surface area contributed by atoms with Crippen molar-refractivity contribution in [3.8, 4) is 5.75 Å². The van der Waals surface area contributed by atoms with Gasteiger partial charge in [-0.25, -0.2) is 9.59 Å². The van der Waals surface area contributed by atoms with Gasteiger partial charge in [-0.15, -0.1) is 0 Å². The van der Waals surface area contributed by atoms with E-state index in [0.717, 1.165) is 49.4 Å². The summed E-state index contributed by atoms with van der Waals surface area (Å²) in [5.74, 6) is -2.72. The summed E-state index contributed by atoms with van der Waals surface area (Å²) in [6.07, 6.45) is 2.17. The highest BCUT2D eigenvalue weighted by atomic mass is 79.9. The molecule has 0 radical (unpaired) electrons. The zero-order valence-electron chi connectivity index (χ0n) is 13.9. The number of aryl methyl sites for hydroxylation is 1. The molecule has 0 saturated carbocycles. The summed E-state index contributed by atoms with van der Waals surface area (Å²) in [5, 5.41) is 18.1. The molecule has 0 aliphatic heterocycles. The number of aliphatic carboxylic acids is 2. The van der Waals surface area contributed by atoms with Gasteiger partial charge < -0.3 is 25.0 Å². The van der Waals surface area contributed by atoms with Gasteiger partial charge in [-0.2, -0.15) is 0 Å². The Morgan fingerprint density at radius 2 is 1.79 bits per heavy atom. The molecule has 24 heavy (non-hydrogen) atoms. The van der Waals surface area contributed by atoms with Crippen molar-refractivity contribution in [1.29, 1.82) is 0 Å². The molecular formula is C16H24BrNO6. The maximum absolute atomic E-state index is 9.10. The second-order valence-corrected chi connectivity index (χ2v) is 5.70. The fourth-order valence-corrected chi connectivity index (χ4v) is 2.16. The number of nitrogens with one attached hydrogen (secondary N) is 1. The van der Waals surface area contributed by atoms with Gasteiger partial charge in [0.05, 0.1) is 17.7 Å². The number of carbonyl (C=O) groups is 2. The van der Waals surface area contributed by atoms with Gasteiger partial charge in [0.15, 0.2) is 0 Å². The highest BCUT2D eigenvalue weighted by Gasteiger charge is 2.04. The van der Waals surface area contributed by atoms with Gasteiger partial charge >= 0.3 is 11.9 Å². The SMILES string of the molecule is COCCNCCCCOc1ccc(C)cc1Br.O=C(O)C(=O)O. The molecule has 7 nitrogen and oxygen atoms in total. The number of halogens is 1. The van der Waals surface area contributed by atoms with Crippen LogP contribution in [0.15, 0.2) is 22.7 Å². The van der Waals surface area contributed by atoms with Crippen molar-refractivity contribution in [2.45, 2.75) is 19.8 Å². The molecule has 1 aromatic rings. The number of benzene rings is 1. The van der Waals surface area contributed by atoms with Gasteiger partial charge in [-0.05, 0) is 59.9 Å². The molecular weight excluding hydrogens is 382 g/mol. The Bertz CT molecular complexity index is 497. The van der Waals surface area contributed by atoms with Gasteiger partial charge in [-0.1, -0.05) is 6.07 Å². The Kier molecular flexibility index (Phi) is 12.8. The molecule has 0 aromatic heterocycles. The van der Waals surface area contributed by atoms with Gasteiger partial charge in [0.1, 0.15) is 5.75 Å². The third-order valence-corrected chi connectivity index (χ3v) is 3.38. The van der Waals surface area contributed by atoms with Crippen LogP contribution >= 0.6 is 15.9 Å². The van der Waals surface area contributed by atoms with E-state index in [-0.39, 0.29) is 0 Å². The van der Waals surface area contributed by atoms with E-state index in [9.17, 15) is 0 Å². The number of ether oxygens (including phenoxy) is 2. The summed E-state index contributed by atoms with van der Waals surface area (Å²) in [6.45, 7) is 5.53. The van der Waals surface area contributed by atoms with Crippen LogP contribution in [0, 0.1) is 6.92 Å². The third kappa shape index (κ3) is 11.9. The molecule has 3 N–H and O–H groups in total. The fraction of sp³-hybridized carbons (Fsp3) is 0.500. The number of hydrogen-bond acceptors (Lipinski definition) is 5. The van der Waals surface area contributed by atoms with Crippen molar-refractivity contribution in [2.24, 2.45) is 0 Å². The number of unbranched alkanes of at least 4 members (excludes halogenated alkanes) is 1. The second-order valence-electron chi connectivity index (χ2n) is 4.84. The zero-order valence-corrected chi connectivity index (χ0v) is 15.5. The monoisotopic (exact) mass is 405 g/mol. The van der Waals surface area contributed by atoms with E-state index >= 15 is 0 Å². The van der Waals surface area contributed by atoms with Crippen LogP contribution in [0.2, 0.25) is 0 Å². The summed E-state index contributed by atoms with van der Waals surface area (Å²) >= 11 is 3.51. The molecule has 0 fully saturated rings. The molecule has 0 aliphatic carbocycles. The minimum absolute atomic E-state index is 0.758. The van der Waals surface area contributed by atoms with Gasteiger partial charge in [0, 0.05) is 13.7 Å². The van der Waals surface area contributed by atoms with Crippen LogP contribution in [0.1, 0.15) is 18.4 Å². The first kappa shape index (κ1) is 22.4. The van der Waals surface area contributed by atoms with Crippen LogP contribution in [0.3, 0.4) is 0 Å². The number of rotatable bonds is 9. The van der Waals surface area contributed by atoms with Crippen LogP contribution < -0.4 is 10.1 Å². The molecule has 0 bridgehead atoms. The standard InChI is InChI=1S/C14H22BrNO2.C2H2O4/c1-12-5-6-14(13(15)11-12)18-9-4-3-7-16-8-10-17-2;3-1(4)2(5)6/h5-6,11,16H,3-4,7-10H2,1-2H3;(H,3,4)(H,5,6). The molecule has 0 heterocycles. The van der Waals surface area contributed by atoms with E-state index in [1.54, 1.807) is 7.11 Å². The van der Waals surface area contributed by atoms with Crippen LogP contribution in [0.5, 0.6) is 5.75 Å². The Morgan fingerprint density at radius 3 is 2.33 bits per heavy atom. The Balaban J connectivity index is 0.000000754. The van der Waals surface area contributed by atoms with Crippen LogP contribution in [0.25, 0.3) is 0 Å². The van der Waals surface area contributed by atoms with Crippen LogP contribution in [-0.4, -0.2) is 55.6 Å². The first-order valence-corrected chi connectivity index (χ1v) is 8.22. The van der Waals surface area contributed by atoms with Crippen molar-refractivity contribution in [2.75, 3.05) is 33.4 Å². The van der Waals surface area contributed by atoms with Crippen molar-refractivity contribution >= 4 is 27.9 Å². The lowest BCUT2D eigenvalue weighted by atomic mass is 10.2. The Morgan fingerprint density at radius 1 is 1.12 bits per heavy atom. The molecule has 0 spiro atoms. The summed E-state index contributed by atoms with van der Waals surface area (Å²) in [7, 11) is 1.72. The van der Waals surface area contributed by atoms with Gasteiger partial charge in [0.25, 0.3) is 0 Å². The number of hydrogen-bond donors (Lipinski definition) is 3. The lowest BCUT2D eigenvalue weighted by Gasteiger charge is -2.09. The molecule has 136 valence electrons. The maximum atomic E-state index is 9.10. The molecule has 0 saturated heterocycles. The van der Waals surface area contributed by atoms with Crippen LogP contribution in [-0.2, 0) is 14.3 Å². The third-order valence-electron chi connectivity index (χ3n) is 2.76. The molecule has 0 aliphatic rings. The first-order chi connectivity index (χ1) is 11.4. The first-order valence-electron chi connectivity index (χ1n) is 7.43. The minimum atomic E-state index is -1.82. The van der Waals surface area contributed by atoms with Crippen LogP contribution in [0.4, 0.5) is 0 Å². The fourth-order valence-electron chi connectivity index (χ4n) is 1.56. The molecule has 1 rings (SSSR count). The summed E-state index contributed by atoms with van der Waals surface area (Å²) in [6, 6.07) is 6.14. The maximum Gasteiger partial charge on any atom is 0.414 e. The molecule has 0 atom stereocenters. The summed E-state index contributed by atoms with van der Waals surface area (Å²) in [4.78, 5) is 18.2. The highest BCUT2D eigenvalue weighted by molar-refractivity contribution is 9.10. The molecule has 0 unspecified atom stereocenters. The van der Waals surface area contributed by atoms with E-state index in [1.807, 2.05) is 6.07 Å². The number of carboxylic acids is 2. The molecule has 0 amide bonds. The molecule has 1 aromatic carbocycles. The van der Waals surface area contributed by atoms with Gasteiger partial charge in [-0.3, -0.25) is 0 Å². The molecule has 8 heteroatoms. The topological polar surface area (TPSA) is 105 Å². The van der Waals surface area contributed by atoms with Gasteiger partial charge in [0.2, 0.25) is 0 Å².